The molecule has 0 aromatic heterocycles. The van der Waals surface area contributed by atoms with Crippen LogP contribution >= 0.6 is 0 Å². The first-order valence-electron chi connectivity index (χ1n) is 8.67. The number of nitrogens with zero attached hydrogens (tertiary/aromatic N) is 1. The average Bonchev–Trinajstić information content (AvgIpc) is 2.70. The summed E-state index contributed by atoms with van der Waals surface area (Å²) in [4.78, 5) is 26.8. The van der Waals surface area contributed by atoms with Crippen LogP contribution in [0, 0.1) is 0 Å². The number of nitrogens with two attached hydrogens (primary N) is 1. The number of rotatable bonds is 7. The van der Waals surface area contributed by atoms with E-state index in [-0.39, 0.29) is 18.5 Å². The lowest BCUT2D eigenvalue weighted by atomic mass is 10.1. The van der Waals surface area contributed by atoms with Crippen LogP contribution in [0.25, 0.3) is 0 Å². The van der Waals surface area contributed by atoms with Crippen molar-refractivity contribution in [1.29, 1.82) is 0 Å². The second kappa shape index (κ2) is 9.96. The van der Waals surface area contributed by atoms with Crippen LogP contribution < -0.4 is 21.7 Å². The molecular weight excluding hydrogens is 342 g/mol. The molecule has 2 aromatic carbocycles. The summed E-state index contributed by atoms with van der Waals surface area (Å²) in [7, 11) is 1.72. The van der Waals surface area contributed by atoms with E-state index in [4.69, 9.17) is 5.73 Å². The molecule has 7 nitrogen and oxygen atoms in total. The van der Waals surface area contributed by atoms with Crippen LogP contribution in [0.4, 0.5) is 0 Å². The molecule has 2 amide bonds. The molecule has 0 heterocycles. The molecule has 0 saturated heterocycles. The second-order valence-corrected chi connectivity index (χ2v) is 6.05. The first-order chi connectivity index (χ1) is 13.0. The average molecular weight is 367 g/mol. The third kappa shape index (κ3) is 6.47. The molecule has 2 rings (SSSR count). The summed E-state index contributed by atoms with van der Waals surface area (Å²) in [6.45, 7) is 2.45. The van der Waals surface area contributed by atoms with Crippen molar-refractivity contribution in [2.75, 3.05) is 13.6 Å². The lowest BCUT2D eigenvalue weighted by Gasteiger charge is -2.18. The van der Waals surface area contributed by atoms with Gasteiger partial charge in [-0.1, -0.05) is 42.5 Å². The van der Waals surface area contributed by atoms with Crippen molar-refractivity contribution < 1.29 is 9.59 Å². The first-order valence-corrected chi connectivity index (χ1v) is 8.67. The van der Waals surface area contributed by atoms with Gasteiger partial charge in [-0.3, -0.25) is 14.6 Å². The van der Waals surface area contributed by atoms with Gasteiger partial charge in [-0.15, -0.1) is 0 Å². The Labute approximate surface area is 159 Å². The number of guanidine groups is 1. The van der Waals surface area contributed by atoms with Crippen molar-refractivity contribution in [1.82, 2.24) is 16.0 Å². The summed E-state index contributed by atoms with van der Waals surface area (Å²) in [5.74, 6) is -0.218. The Bertz CT molecular complexity index is 788. The molecule has 0 aliphatic carbocycles. The summed E-state index contributed by atoms with van der Waals surface area (Å²) in [5, 5.41) is 9.05. The molecule has 0 radical (unpaired) electrons. The van der Waals surface area contributed by atoms with Gasteiger partial charge in [-0.05, 0) is 30.2 Å². The molecule has 1 unspecified atom stereocenters. The maximum absolute atomic E-state index is 11.9. The molecule has 0 aliphatic rings. The minimum absolute atomic E-state index is 0.119. The fourth-order valence-electron chi connectivity index (χ4n) is 2.45. The number of primary amides is 1. The highest BCUT2D eigenvalue weighted by atomic mass is 16.2. The van der Waals surface area contributed by atoms with Gasteiger partial charge in [0.25, 0.3) is 5.91 Å². The lowest BCUT2D eigenvalue weighted by Crippen LogP contribution is -2.38. The monoisotopic (exact) mass is 367 g/mol. The van der Waals surface area contributed by atoms with Gasteiger partial charge in [0.15, 0.2) is 5.96 Å². The number of carbonyl (C=O) groups is 2. The number of benzene rings is 2. The van der Waals surface area contributed by atoms with Crippen LogP contribution in [0.3, 0.4) is 0 Å². The Kier molecular flexibility index (Phi) is 7.37. The van der Waals surface area contributed by atoms with Crippen LogP contribution in [0.15, 0.2) is 59.6 Å². The molecule has 142 valence electrons. The Balaban J connectivity index is 1.87. The zero-order valence-corrected chi connectivity index (χ0v) is 15.5. The predicted octanol–water partition coefficient (Wildman–Crippen LogP) is 1.33. The van der Waals surface area contributed by atoms with E-state index < -0.39 is 5.91 Å². The fraction of sp³-hybridized carbons (Fsp3) is 0.250. The van der Waals surface area contributed by atoms with Gasteiger partial charge in [-0.2, -0.15) is 0 Å². The van der Waals surface area contributed by atoms with Crippen LogP contribution in [0.2, 0.25) is 0 Å². The molecule has 5 N–H and O–H groups in total. The van der Waals surface area contributed by atoms with E-state index in [1.165, 1.54) is 5.56 Å². The van der Waals surface area contributed by atoms with Gasteiger partial charge in [-0.25, -0.2) is 0 Å². The highest BCUT2D eigenvalue weighted by Gasteiger charge is 2.08. The number of amides is 2. The van der Waals surface area contributed by atoms with Gasteiger partial charge in [0.1, 0.15) is 0 Å². The molecule has 27 heavy (non-hydrogen) atoms. The molecule has 0 aliphatic heterocycles. The first kappa shape index (κ1) is 20.0. The highest BCUT2D eigenvalue weighted by Crippen LogP contribution is 2.11. The van der Waals surface area contributed by atoms with Crippen molar-refractivity contribution in [3.05, 3.63) is 71.3 Å². The third-order valence-electron chi connectivity index (χ3n) is 3.98. The largest absolute Gasteiger partial charge is 0.368 e. The van der Waals surface area contributed by atoms with Gasteiger partial charge in [0, 0.05) is 19.2 Å². The Morgan fingerprint density at radius 3 is 2.30 bits per heavy atom. The lowest BCUT2D eigenvalue weighted by molar-refractivity contribution is -0.117. The quantitative estimate of drug-likeness (QED) is 0.437. The maximum atomic E-state index is 11.9. The van der Waals surface area contributed by atoms with E-state index in [0.29, 0.717) is 18.1 Å². The summed E-state index contributed by atoms with van der Waals surface area (Å²) in [6.07, 6.45) is 0. The fourth-order valence-corrected chi connectivity index (χ4v) is 2.45. The number of nitrogens with one attached hydrogen (secondary N) is 3. The minimum Gasteiger partial charge on any atom is -0.368 e. The Morgan fingerprint density at radius 2 is 1.70 bits per heavy atom. The van der Waals surface area contributed by atoms with E-state index in [1.54, 1.807) is 19.2 Å². The van der Waals surface area contributed by atoms with Gasteiger partial charge < -0.3 is 21.7 Å². The zero-order chi connectivity index (χ0) is 19.6. The zero-order valence-electron chi connectivity index (χ0n) is 15.5. The van der Waals surface area contributed by atoms with E-state index in [9.17, 15) is 9.59 Å². The molecule has 2 aromatic rings. The van der Waals surface area contributed by atoms with Crippen molar-refractivity contribution >= 4 is 17.8 Å². The SMILES string of the molecule is CN=C(NCc1ccc(C(=O)NCC(N)=O)cc1)NC(C)c1ccccc1. The summed E-state index contributed by atoms with van der Waals surface area (Å²) in [6, 6.07) is 17.3. The number of hydrogen-bond donors (Lipinski definition) is 4. The molecule has 0 fully saturated rings. The summed E-state index contributed by atoms with van der Waals surface area (Å²) >= 11 is 0. The molecule has 0 bridgehead atoms. The van der Waals surface area contributed by atoms with Crippen molar-refractivity contribution in [2.24, 2.45) is 10.7 Å². The van der Waals surface area contributed by atoms with Crippen LogP contribution in [0.5, 0.6) is 0 Å². The van der Waals surface area contributed by atoms with Gasteiger partial charge in [0.2, 0.25) is 5.91 Å². The standard InChI is InChI=1S/C20H25N5O2/c1-14(16-6-4-3-5-7-16)25-20(22-2)24-12-15-8-10-17(11-9-15)19(27)23-13-18(21)26/h3-11,14H,12-13H2,1-2H3,(H2,21,26)(H,23,27)(H2,22,24,25). The molecule has 7 heteroatoms. The number of hydrogen-bond acceptors (Lipinski definition) is 3. The molecule has 1 atom stereocenters. The maximum Gasteiger partial charge on any atom is 0.251 e. The van der Waals surface area contributed by atoms with E-state index in [0.717, 1.165) is 5.56 Å². The minimum atomic E-state index is -0.576. The van der Waals surface area contributed by atoms with Crippen LogP contribution in [-0.2, 0) is 11.3 Å². The van der Waals surface area contributed by atoms with E-state index in [2.05, 4.69) is 40.0 Å². The second-order valence-electron chi connectivity index (χ2n) is 6.05. The van der Waals surface area contributed by atoms with Crippen molar-refractivity contribution in [2.45, 2.75) is 19.5 Å². The van der Waals surface area contributed by atoms with Gasteiger partial charge in [0.05, 0.1) is 12.6 Å². The van der Waals surface area contributed by atoms with Gasteiger partial charge >= 0.3 is 0 Å². The van der Waals surface area contributed by atoms with E-state index in [1.807, 2.05) is 30.3 Å². The predicted molar refractivity (Wildman–Crippen MR) is 106 cm³/mol. The third-order valence-corrected chi connectivity index (χ3v) is 3.98. The Hall–Kier alpha value is -3.35. The normalized spacial score (nSPS) is 12.1. The number of aliphatic imine (C=N–C) groups is 1. The Morgan fingerprint density at radius 1 is 1.04 bits per heavy atom. The number of carbonyl (C=O) groups excluding carboxylic acids is 2. The molecular formula is C20H25N5O2. The summed E-state index contributed by atoms with van der Waals surface area (Å²) < 4.78 is 0. The molecule has 0 saturated carbocycles. The van der Waals surface area contributed by atoms with Crippen LogP contribution in [-0.4, -0.2) is 31.4 Å². The summed E-state index contributed by atoms with van der Waals surface area (Å²) in [5.41, 5.74) is 7.66. The van der Waals surface area contributed by atoms with Crippen LogP contribution in [0.1, 0.15) is 34.5 Å². The topological polar surface area (TPSA) is 109 Å². The highest BCUT2D eigenvalue weighted by molar-refractivity contribution is 5.96. The molecule has 0 spiro atoms. The van der Waals surface area contributed by atoms with Crippen molar-refractivity contribution in [3.63, 3.8) is 0 Å². The smallest absolute Gasteiger partial charge is 0.251 e. The van der Waals surface area contributed by atoms with E-state index >= 15 is 0 Å². The van der Waals surface area contributed by atoms with Crippen molar-refractivity contribution in [3.8, 4) is 0 Å².